The van der Waals surface area contributed by atoms with Gasteiger partial charge in [-0.2, -0.15) is 0 Å². The van der Waals surface area contributed by atoms with Crippen LogP contribution in [0.2, 0.25) is 0 Å². The Bertz CT molecular complexity index is 1270. The van der Waals surface area contributed by atoms with Gasteiger partial charge in [0.2, 0.25) is 5.91 Å². The van der Waals surface area contributed by atoms with E-state index >= 15 is 0 Å². The molecule has 0 aliphatic carbocycles. The first-order valence-electron chi connectivity index (χ1n) is 11.8. The molecule has 0 spiro atoms. The molecule has 0 bridgehead atoms. The van der Waals surface area contributed by atoms with Crippen LogP contribution in [0.5, 0.6) is 0 Å². The fraction of sp³-hybridized carbons (Fsp3) is 0.207. The Morgan fingerprint density at radius 3 is 1.77 bits per heavy atom. The Balaban J connectivity index is 1.42. The molecule has 0 saturated carbocycles. The normalized spacial score (nSPS) is 16.0. The van der Waals surface area contributed by atoms with Crippen LogP contribution in [-0.2, 0) is 4.79 Å². The molecule has 0 radical (unpaired) electrons. The summed E-state index contributed by atoms with van der Waals surface area (Å²) in [6.45, 7) is 2.62. The predicted octanol–water partition coefficient (Wildman–Crippen LogP) is 5.05. The van der Waals surface area contributed by atoms with Gasteiger partial charge in [0.1, 0.15) is 17.7 Å². The third kappa shape index (κ3) is 4.81. The van der Waals surface area contributed by atoms with Crippen LogP contribution in [0, 0.1) is 11.6 Å². The van der Waals surface area contributed by atoms with Crippen LogP contribution in [0.15, 0.2) is 91.0 Å². The lowest BCUT2D eigenvalue weighted by Crippen LogP contribution is -2.51. The van der Waals surface area contributed by atoms with Gasteiger partial charge in [-0.05, 0) is 51.7 Å². The standard InChI is InChI=1S/C29H27F2N3O/c30-23-12-8-21(9-13-23)27(22-10-14-24(31)15-11-22)33-16-18-34(19-17-33)28(29(32)35)26-7-3-5-20-4-1-2-6-25(20)26/h1-15,27-28H,16-19H2,(H2,32,35). The quantitative estimate of drug-likeness (QED) is 0.428. The molecule has 1 amide bonds. The summed E-state index contributed by atoms with van der Waals surface area (Å²) < 4.78 is 27.2. The van der Waals surface area contributed by atoms with Crippen LogP contribution in [0.4, 0.5) is 8.78 Å². The van der Waals surface area contributed by atoms with E-state index in [-0.39, 0.29) is 23.6 Å². The van der Waals surface area contributed by atoms with Gasteiger partial charge in [0.05, 0.1) is 6.04 Å². The van der Waals surface area contributed by atoms with E-state index in [2.05, 4.69) is 9.80 Å². The highest BCUT2D eigenvalue weighted by atomic mass is 19.1. The number of carbonyl (C=O) groups excluding carboxylic acids is 1. The van der Waals surface area contributed by atoms with Crippen molar-refractivity contribution in [3.63, 3.8) is 0 Å². The molecule has 1 saturated heterocycles. The van der Waals surface area contributed by atoms with Gasteiger partial charge in [0.25, 0.3) is 0 Å². The number of fused-ring (bicyclic) bond motifs is 1. The summed E-state index contributed by atoms with van der Waals surface area (Å²) in [6, 6.07) is 26.2. The molecule has 2 N–H and O–H groups in total. The molecule has 4 nitrogen and oxygen atoms in total. The SMILES string of the molecule is NC(=O)C(c1cccc2ccccc12)N1CCN(C(c2ccc(F)cc2)c2ccc(F)cc2)CC1. The Morgan fingerprint density at radius 2 is 1.20 bits per heavy atom. The molecule has 1 unspecified atom stereocenters. The van der Waals surface area contributed by atoms with Gasteiger partial charge in [-0.25, -0.2) is 8.78 Å². The van der Waals surface area contributed by atoms with E-state index in [1.807, 2.05) is 42.5 Å². The maximum atomic E-state index is 13.6. The summed E-state index contributed by atoms with van der Waals surface area (Å²) in [5.74, 6) is -0.963. The summed E-state index contributed by atoms with van der Waals surface area (Å²) in [4.78, 5) is 17.1. The Kier molecular flexibility index (Phi) is 6.57. The number of amides is 1. The minimum atomic E-state index is -0.529. The lowest BCUT2D eigenvalue weighted by atomic mass is 9.94. The maximum absolute atomic E-state index is 13.6. The Hall–Kier alpha value is -3.61. The molecule has 178 valence electrons. The zero-order chi connectivity index (χ0) is 24.4. The maximum Gasteiger partial charge on any atom is 0.239 e. The number of hydrogen-bond donors (Lipinski definition) is 1. The van der Waals surface area contributed by atoms with Crippen molar-refractivity contribution >= 4 is 16.7 Å². The fourth-order valence-corrected chi connectivity index (χ4v) is 5.18. The van der Waals surface area contributed by atoms with Crippen molar-refractivity contribution in [3.05, 3.63) is 119 Å². The van der Waals surface area contributed by atoms with Gasteiger partial charge in [0.15, 0.2) is 0 Å². The molecular formula is C29H27F2N3O. The largest absolute Gasteiger partial charge is 0.368 e. The molecular weight excluding hydrogens is 444 g/mol. The second kappa shape index (κ2) is 9.94. The average Bonchev–Trinajstić information content (AvgIpc) is 2.87. The molecule has 4 aromatic rings. The van der Waals surface area contributed by atoms with Gasteiger partial charge in [-0.3, -0.25) is 14.6 Å². The van der Waals surface area contributed by atoms with Crippen molar-refractivity contribution in [1.29, 1.82) is 0 Å². The van der Waals surface area contributed by atoms with Crippen molar-refractivity contribution in [2.24, 2.45) is 5.73 Å². The number of primary amides is 1. The summed E-state index contributed by atoms with van der Waals surface area (Å²) >= 11 is 0. The zero-order valence-electron chi connectivity index (χ0n) is 19.3. The smallest absolute Gasteiger partial charge is 0.239 e. The molecule has 1 aliphatic heterocycles. The number of carbonyl (C=O) groups is 1. The van der Waals surface area contributed by atoms with E-state index in [0.29, 0.717) is 26.2 Å². The van der Waals surface area contributed by atoms with Crippen molar-refractivity contribution < 1.29 is 13.6 Å². The third-order valence-corrected chi connectivity index (χ3v) is 6.84. The van der Waals surface area contributed by atoms with Crippen molar-refractivity contribution in [2.45, 2.75) is 12.1 Å². The van der Waals surface area contributed by atoms with E-state index in [0.717, 1.165) is 27.5 Å². The molecule has 1 heterocycles. The van der Waals surface area contributed by atoms with Crippen molar-refractivity contribution in [1.82, 2.24) is 9.80 Å². The third-order valence-electron chi connectivity index (χ3n) is 6.84. The number of piperazine rings is 1. The molecule has 1 aliphatic rings. The highest BCUT2D eigenvalue weighted by Gasteiger charge is 2.33. The summed E-state index contributed by atoms with van der Waals surface area (Å²) in [7, 11) is 0. The Morgan fingerprint density at radius 1 is 0.686 bits per heavy atom. The molecule has 35 heavy (non-hydrogen) atoms. The average molecular weight is 472 g/mol. The van der Waals surface area contributed by atoms with Gasteiger partial charge >= 0.3 is 0 Å². The topological polar surface area (TPSA) is 49.6 Å². The summed E-state index contributed by atoms with van der Waals surface area (Å²) in [5, 5.41) is 2.10. The van der Waals surface area contributed by atoms with Crippen LogP contribution in [0.25, 0.3) is 10.8 Å². The first-order valence-corrected chi connectivity index (χ1v) is 11.8. The monoisotopic (exact) mass is 471 g/mol. The highest BCUT2D eigenvalue weighted by molar-refractivity contribution is 5.92. The molecule has 0 aromatic heterocycles. The second-order valence-corrected chi connectivity index (χ2v) is 8.95. The summed E-state index contributed by atoms with van der Waals surface area (Å²) in [6.07, 6.45) is 0. The fourth-order valence-electron chi connectivity index (χ4n) is 5.18. The number of benzene rings is 4. The number of nitrogens with zero attached hydrogens (tertiary/aromatic N) is 2. The van der Waals surface area contributed by atoms with Crippen LogP contribution < -0.4 is 5.73 Å². The van der Waals surface area contributed by atoms with Crippen molar-refractivity contribution in [2.75, 3.05) is 26.2 Å². The van der Waals surface area contributed by atoms with Crippen LogP contribution in [-0.4, -0.2) is 41.9 Å². The van der Waals surface area contributed by atoms with Crippen LogP contribution in [0.3, 0.4) is 0 Å². The lowest BCUT2D eigenvalue weighted by molar-refractivity contribution is -0.124. The molecule has 6 heteroatoms. The van der Waals surface area contributed by atoms with Gasteiger partial charge < -0.3 is 5.73 Å². The number of hydrogen-bond acceptors (Lipinski definition) is 3. The van der Waals surface area contributed by atoms with E-state index < -0.39 is 6.04 Å². The molecule has 1 atom stereocenters. The van der Waals surface area contributed by atoms with E-state index in [1.165, 1.54) is 24.3 Å². The van der Waals surface area contributed by atoms with Crippen LogP contribution >= 0.6 is 0 Å². The lowest BCUT2D eigenvalue weighted by Gasteiger charge is -2.42. The number of nitrogens with two attached hydrogens (primary N) is 1. The zero-order valence-corrected chi connectivity index (χ0v) is 19.3. The van der Waals surface area contributed by atoms with Gasteiger partial charge in [-0.15, -0.1) is 0 Å². The first kappa shape index (κ1) is 23.1. The molecule has 4 aromatic carbocycles. The molecule has 1 fully saturated rings. The van der Waals surface area contributed by atoms with Gasteiger partial charge in [0, 0.05) is 26.2 Å². The van der Waals surface area contributed by atoms with Gasteiger partial charge in [-0.1, -0.05) is 66.7 Å². The minimum absolute atomic E-state index is 0.150. The Labute approximate surface area is 203 Å². The second-order valence-electron chi connectivity index (χ2n) is 8.95. The van der Waals surface area contributed by atoms with E-state index in [4.69, 9.17) is 5.73 Å². The highest BCUT2D eigenvalue weighted by Crippen LogP contribution is 2.33. The van der Waals surface area contributed by atoms with Crippen LogP contribution in [0.1, 0.15) is 28.8 Å². The number of rotatable bonds is 6. The molecule has 5 rings (SSSR count). The van der Waals surface area contributed by atoms with Crippen molar-refractivity contribution in [3.8, 4) is 0 Å². The first-order chi connectivity index (χ1) is 17.0. The predicted molar refractivity (Wildman–Crippen MR) is 134 cm³/mol. The summed E-state index contributed by atoms with van der Waals surface area (Å²) in [5.41, 5.74) is 8.72. The van der Waals surface area contributed by atoms with E-state index in [9.17, 15) is 13.6 Å². The van der Waals surface area contributed by atoms with E-state index in [1.54, 1.807) is 24.3 Å². The number of halogens is 2. The minimum Gasteiger partial charge on any atom is -0.368 e.